The lowest BCUT2D eigenvalue weighted by Gasteiger charge is -2.53. The Morgan fingerprint density at radius 3 is 2.71 bits per heavy atom. The Kier molecular flexibility index (Phi) is 3.10. The Labute approximate surface area is 106 Å². The molecule has 3 unspecified atom stereocenters. The van der Waals surface area contributed by atoms with Crippen LogP contribution in [-0.2, 0) is 0 Å². The van der Waals surface area contributed by atoms with Crippen LogP contribution in [0.15, 0.2) is 11.6 Å². The van der Waals surface area contributed by atoms with Crippen LogP contribution in [0, 0.1) is 34.0 Å². The van der Waals surface area contributed by atoms with Crippen molar-refractivity contribution < 1.29 is 0 Å². The second-order valence-electron chi connectivity index (χ2n) is 6.71. The predicted molar refractivity (Wildman–Crippen MR) is 71.3 cm³/mol. The minimum Gasteiger partial charge on any atom is -0.197 e. The van der Waals surface area contributed by atoms with Gasteiger partial charge in [-0.15, -0.1) is 0 Å². The maximum absolute atomic E-state index is 9.82. The monoisotopic (exact) mass is 231 g/mol. The topological polar surface area (TPSA) is 23.8 Å². The van der Waals surface area contributed by atoms with E-state index in [2.05, 4.69) is 39.8 Å². The summed E-state index contributed by atoms with van der Waals surface area (Å²) in [6.07, 6.45) is 8.51. The van der Waals surface area contributed by atoms with Gasteiger partial charge in [-0.25, -0.2) is 0 Å². The molecule has 1 fully saturated rings. The molecule has 1 saturated carbocycles. The van der Waals surface area contributed by atoms with Gasteiger partial charge >= 0.3 is 0 Å². The van der Waals surface area contributed by atoms with Gasteiger partial charge in [0.15, 0.2) is 0 Å². The molecule has 0 N–H and O–H groups in total. The largest absolute Gasteiger partial charge is 0.197 e. The summed E-state index contributed by atoms with van der Waals surface area (Å²) in [7, 11) is 0. The SMILES string of the molecule is CC(C)C1=CC2(C#N)C(C)CCCC2(C)CC1. The summed E-state index contributed by atoms with van der Waals surface area (Å²) in [5.74, 6) is 1.11. The number of hydrogen-bond donors (Lipinski definition) is 0. The van der Waals surface area contributed by atoms with E-state index in [1.807, 2.05) is 0 Å². The van der Waals surface area contributed by atoms with Crippen LogP contribution in [0.5, 0.6) is 0 Å². The average molecular weight is 231 g/mol. The van der Waals surface area contributed by atoms with Gasteiger partial charge in [0.1, 0.15) is 0 Å². The molecule has 94 valence electrons. The van der Waals surface area contributed by atoms with Crippen LogP contribution < -0.4 is 0 Å². The molecule has 0 bridgehead atoms. The van der Waals surface area contributed by atoms with E-state index in [1.54, 1.807) is 0 Å². The van der Waals surface area contributed by atoms with E-state index in [1.165, 1.54) is 37.7 Å². The molecule has 1 nitrogen and oxygen atoms in total. The maximum atomic E-state index is 9.82. The van der Waals surface area contributed by atoms with Gasteiger partial charge in [-0.05, 0) is 42.9 Å². The van der Waals surface area contributed by atoms with Crippen LogP contribution >= 0.6 is 0 Å². The lowest BCUT2D eigenvalue weighted by Crippen LogP contribution is -2.47. The third-order valence-corrected chi connectivity index (χ3v) is 5.45. The number of fused-ring (bicyclic) bond motifs is 1. The Bertz CT molecular complexity index is 373. The number of allylic oxidation sites excluding steroid dienone is 2. The zero-order valence-electron chi connectivity index (χ0n) is 11.7. The highest BCUT2D eigenvalue weighted by Crippen LogP contribution is 2.60. The van der Waals surface area contributed by atoms with Gasteiger partial charge in [-0.1, -0.05) is 45.8 Å². The van der Waals surface area contributed by atoms with Crippen molar-refractivity contribution in [3.63, 3.8) is 0 Å². The van der Waals surface area contributed by atoms with E-state index in [0.717, 1.165) is 0 Å². The fourth-order valence-electron chi connectivity index (χ4n) is 3.99. The number of nitriles is 1. The van der Waals surface area contributed by atoms with E-state index in [0.29, 0.717) is 11.8 Å². The molecule has 0 amide bonds. The second-order valence-corrected chi connectivity index (χ2v) is 6.71. The van der Waals surface area contributed by atoms with Crippen LogP contribution in [-0.4, -0.2) is 0 Å². The van der Waals surface area contributed by atoms with Gasteiger partial charge < -0.3 is 0 Å². The number of nitrogens with zero attached hydrogens (tertiary/aromatic N) is 1. The van der Waals surface area contributed by atoms with E-state index in [-0.39, 0.29) is 10.8 Å². The third-order valence-electron chi connectivity index (χ3n) is 5.45. The molecule has 0 saturated heterocycles. The van der Waals surface area contributed by atoms with Crippen LogP contribution in [0.1, 0.15) is 59.8 Å². The molecular weight excluding hydrogens is 206 g/mol. The molecule has 0 aliphatic heterocycles. The summed E-state index contributed by atoms with van der Waals surface area (Å²) in [6, 6.07) is 2.72. The standard InChI is InChI=1S/C16H25N/c1-12(2)14-7-9-15(4)8-5-6-13(3)16(15,10-14)11-17/h10,12-13H,5-9H2,1-4H3. The van der Waals surface area contributed by atoms with Crippen LogP contribution in [0.25, 0.3) is 0 Å². The van der Waals surface area contributed by atoms with Crippen molar-refractivity contribution in [1.29, 1.82) is 5.26 Å². The summed E-state index contributed by atoms with van der Waals surface area (Å²) in [5.41, 5.74) is 1.54. The Balaban J connectivity index is 2.49. The van der Waals surface area contributed by atoms with Crippen molar-refractivity contribution in [1.82, 2.24) is 0 Å². The first-order valence-corrected chi connectivity index (χ1v) is 7.08. The second kappa shape index (κ2) is 4.16. The summed E-state index contributed by atoms with van der Waals surface area (Å²) >= 11 is 0. The van der Waals surface area contributed by atoms with Crippen LogP contribution in [0.3, 0.4) is 0 Å². The molecule has 17 heavy (non-hydrogen) atoms. The quantitative estimate of drug-likeness (QED) is 0.600. The lowest BCUT2D eigenvalue weighted by atomic mass is 9.49. The molecule has 0 aromatic rings. The first-order chi connectivity index (χ1) is 7.95. The number of hydrogen-bond acceptors (Lipinski definition) is 1. The smallest absolute Gasteiger partial charge is 0.0835 e. The summed E-state index contributed by atoms with van der Waals surface area (Å²) in [5, 5.41) is 9.82. The molecule has 0 radical (unpaired) electrons. The molecule has 1 heteroatoms. The van der Waals surface area contributed by atoms with Crippen LogP contribution in [0.4, 0.5) is 0 Å². The highest BCUT2D eigenvalue weighted by atomic mass is 14.6. The van der Waals surface area contributed by atoms with Crippen molar-refractivity contribution >= 4 is 0 Å². The fourth-order valence-corrected chi connectivity index (χ4v) is 3.99. The molecule has 0 aromatic carbocycles. The van der Waals surface area contributed by atoms with Crippen molar-refractivity contribution in [2.24, 2.45) is 22.7 Å². The minimum absolute atomic E-state index is 0.191. The van der Waals surface area contributed by atoms with Gasteiger partial charge in [-0.3, -0.25) is 0 Å². The predicted octanol–water partition coefficient (Wildman–Crippen LogP) is 4.70. The number of rotatable bonds is 1. The molecule has 2 rings (SSSR count). The van der Waals surface area contributed by atoms with E-state index in [4.69, 9.17) is 0 Å². The molecule has 0 aromatic heterocycles. The highest BCUT2D eigenvalue weighted by molar-refractivity contribution is 5.30. The molecular formula is C16H25N. The Morgan fingerprint density at radius 2 is 2.12 bits per heavy atom. The zero-order chi connectivity index (χ0) is 12.7. The molecule has 2 aliphatic carbocycles. The van der Waals surface area contributed by atoms with Gasteiger partial charge in [0.2, 0.25) is 0 Å². The van der Waals surface area contributed by atoms with Crippen molar-refractivity contribution in [2.75, 3.05) is 0 Å². The van der Waals surface area contributed by atoms with Crippen molar-refractivity contribution in [3.05, 3.63) is 11.6 Å². The maximum Gasteiger partial charge on any atom is 0.0835 e. The summed E-state index contributed by atoms with van der Waals surface area (Å²) in [6.45, 7) is 9.14. The highest BCUT2D eigenvalue weighted by Gasteiger charge is 2.54. The van der Waals surface area contributed by atoms with E-state index < -0.39 is 0 Å². The van der Waals surface area contributed by atoms with Gasteiger partial charge in [0.25, 0.3) is 0 Å². The van der Waals surface area contributed by atoms with Crippen LogP contribution in [0.2, 0.25) is 0 Å². The lowest BCUT2D eigenvalue weighted by molar-refractivity contribution is 0.0246. The van der Waals surface area contributed by atoms with Crippen molar-refractivity contribution in [3.8, 4) is 6.07 Å². The average Bonchev–Trinajstić information content (AvgIpc) is 2.28. The van der Waals surface area contributed by atoms with E-state index in [9.17, 15) is 5.26 Å². The Morgan fingerprint density at radius 1 is 1.41 bits per heavy atom. The molecule has 3 atom stereocenters. The zero-order valence-corrected chi connectivity index (χ0v) is 11.7. The van der Waals surface area contributed by atoms with E-state index >= 15 is 0 Å². The summed E-state index contributed by atoms with van der Waals surface area (Å²) < 4.78 is 0. The normalized spacial score (nSPS) is 41.6. The molecule has 0 heterocycles. The van der Waals surface area contributed by atoms with Gasteiger partial charge in [-0.2, -0.15) is 5.26 Å². The summed E-state index contributed by atoms with van der Waals surface area (Å²) in [4.78, 5) is 0. The first-order valence-electron chi connectivity index (χ1n) is 7.08. The first kappa shape index (κ1) is 12.7. The van der Waals surface area contributed by atoms with Gasteiger partial charge in [0.05, 0.1) is 11.5 Å². The van der Waals surface area contributed by atoms with Gasteiger partial charge in [0, 0.05) is 0 Å². The van der Waals surface area contributed by atoms with Crippen molar-refractivity contribution in [2.45, 2.75) is 59.8 Å². The molecule has 2 aliphatic rings. The third kappa shape index (κ3) is 1.73. The fraction of sp³-hybridized carbons (Fsp3) is 0.812. The minimum atomic E-state index is -0.191. The Hall–Kier alpha value is -0.770. The molecule has 0 spiro atoms.